The molecule has 0 spiro atoms. The van der Waals surface area contributed by atoms with E-state index in [4.69, 9.17) is 14.5 Å². The highest BCUT2D eigenvalue weighted by atomic mass is 79.9. The van der Waals surface area contributed by atoms with Crippen LogP contribution in [0.25, 0.3) is 10.9 Å². The first-order chi connectivity index (χ1) is 10.3. The van der Waals surface area contributed by atoms with Crippen molar-refractivity contribution in [3.05, 3.63) is 35.9 Å². The minimum atomic E-state index is 0.667. The first kappa shape index (κ1) is 16.2. The summed E-state index contributed by atoms with van der Waals surface area (Å²) in [5, 5.41) is 1.94. The van der Waals surface area contributed by atoms with Crippen molar-refractivity contribution in [1.29, 1.82) is 0 Å². The standard InChI is InChI=1S/C16H21BrN2O2/c1-20-9-7-19(8-10-21-2)16-14(12-17)11-13-5-3-4-6-15(13)18-16/h3-6,11H,7-10,12H2,1-2H3. The predicted molar refractivity (Wildman–Crippen MR) is 90.3 cm³/mol. The lowest BCUT2D eigenvalue weighted by Crippen LogP contribution is -2.32. The monoisotopic (exact) mass is 352 g/mol. The van der Waals surface area contributed by atoms with E-state index in [-0.39, 0.29) is 0 Å². The van der Waals surface area contributed by atoms with Crippen LogP contribution in [0.4, 0.5) is 5.82 Å². The van der Waals surface area contributed by atoms with Gasteiger partial charge in [-0.1, -0.05) is 34.1 Å². The number of ether oxygens (including phenoxy) is 2. The van der Waals surface area contributed by atoms with Gasteiger partial charge in [-0.2, -0.15) is 0 Å². The molecule has 2 rings (SSSR count). The molecule has 0 amide bonds. The molecule has 0 aliphatic rings. The molecule has 0 aliphatic carbocycles. The molecule has 21 heavy (non-hydrogen) atoms. The van der Waals surface area contributed by atoms with E-state index < -0.39 is 0 Å². The molecular formula is C16H21BrN2O2. The van der Waals surface area contributed by atoms with Gasteiger partial charge in [-0.15, -0.1) is 0 Å². The van der Waals surface area contributed by atoms with Crippen LogP contribution in [0.1, 0.15) is 5.56 Å². The Morgan fingerprint density at radius 1 is 1.10 bits per heavy atom. The summed E-state index contributed by atoms with van der Waals surface area (Å²) >= 11 is 3.57. The van der Waals surface area contributed by atoms with E-state index in [1.165, 1.54) is 5.56 Å². The molecule has 5 heteroatoms. The maximum Gasteiger partial charge on any atom is 0.133 e. The number of aromatic nitrogens is 1. The Morgan fingerprint density at radius 3 is 2.38 bits per heavy atom. The summed E-state index contributed by atoms with van der Waals surface area (Å²) in [4.78, 5) is 7.06. The third-order valence-corrected chi connectivity index (χ3v) is 3.96. The summed E-state index contributed by atoms with van der Waals surface area (Å²) in [6.45, 7) is 2.93. The zero-order chi connectivity index (χ0) is 15.1. The maximum atomic E-state index is 5.21. The first-order valence-electron chi connectivity index (χ1n) is 6.97. The van der Waals surface area contributed by atoms with Gasteiger partial charge in [0.1, 0.15) is 5.82 Å². The lowest BCUT2D eigenvalue weighted by atomic mass is 10.1. The van der Waals surface area contributed by atoms with E-state index >= 15 is 0 Å². The number of pyridine rings is 1. The SMILES string of the molecule is COCCN(CCOC)c1nc2ccccc2cc1CBr. The first-order valence-corrected chi connectivity index (χ1v) is 8.09. The van der Waals surface area contributed by atoms with Gasteiger partial charge >= 0.3 is 0 Å². The van der Waals surface area contributed by atoms with Crippen molar-refractivity contribution >= 4 is 32.7 Å². The molecule has 0 atom stereocenters. The van der Waals surface area contributed by atoms with E-state index in [9.17, 15) is 0 Å². The van der Waals surface area contributed by atoms with E-state index in [2.05, 4.69) is 33.0 Å². The third kappa shape index (κ3) is 4.15. The Labute approximate surface area is 134 Å². The van der Waals surface area contributed by atoms with Gasteiger partial charge in [0.25, 0.3) is 0 Å². The molecule has 0 radical (unpaired) electrons. The molecule has 4 nitrogen and oxygen atoms in total. The van der Waals surface area contributed by atoms with Crippen LogP contribution >= 0.6 is 15.9 Å². The van der Waals surface area contributed by atoms with Crippen LogP contribution in [0.5, 0.6) is 0 Å². The van der Waals surface area contributed by atoms with E-state index in [0.717, 1.165) is 35.1 Å². The molecule has 2 aromatic rings. The van der Waals surface area contributed by atoms with Crippen molar-refractivity contribution in [3.8, 4) is 0 Å². The molecule has 1 aromatic heterocycles. The highest BCUT2D eigenvalue weighted by molar-refractivity contribution is 9.08. The van der Waals surface area contributed by atoms with Crippen molar-refractivity contribution in [3.63, 3.8) is 0 Å². The number of hydrogen-bond donors (Lipinski definition) is 0. The fraction of sp³-hybridized carbons (Fsp3) is 0.438. The molecule has 114 valence electrons. The maximum absolute atomic E-state index is 5.21. The second kappa shape index (κ2) is 8.32. The van der Waals surface area contributed by atoms with Crippen molar-refractivity contribution in [1.82, 2.24) is 4.98 Å². The Bertz CT molecular complexity index is 569. The number of halogens is 1. The number of methoxy groups -OCH3 is 2. The number of anilines is 1. The minimum absolute atomic E-state index is 0.667. The number of benzene rings is 1. The number of alkyl halides is 1. The molecule has 0 bridgehead atoms. The number of fused-ring (bicyclic) bond motifs is 1. The molecule has 0 aliphatic heterocycles. The fourth-order valence-corrected chi connectivity index (χ4v) is 2.66. The lowest BCUT2D eigenvalue weighted by Gasteiger charge is -2.25. The smallest absolute Gasteiger partial charge is 0.133 e. The fourth-order valence-electron chi connectivity index (χ4n) is 2.25. The molecule has 0 saturated carbocycles. The van der Waals surface area contributed by atoms with Crippen molar-refractivity contribution in [2.45, 2.75) is 5.33 Å². The summed E-state index contributed by atoms with van der Waals surface area (Å²) < 4.78 is 10.4. The van der Waals surface area contributed by atoms with E-state index in [1.807, 2.05) is 18.2 Å². The van der Waals surface area contributed by atoms with Gasteiger partial charge in [0, 0.05) is 43.6 Å². The summed E-state index contributed by atoms with van der Waals surface area (Å²) in [5.74, 6) is 1.000. The highest BCUT2D eigenvalue weighted by Crippen LogP contribution is 2.25. The Kier molecular flexibility index (Phi) is 6.42. The van der Waals surface area contributed by atoms with Gasteiger partial charge in [-0.05, 0) is 12.1 Å². The highest BCUT2D eigenvalue weighted by Gasteiger charge is 2.13. The number of nitrogens with zero attached hydrogens (tertiary/aromatic N) is 2. The minimum Gasteiger partial charge on any atom is -0.383 e. The topological polar surface area (TPSA) is 34.6 Å². The van der Waals surface area contributed by atoms with Gasteiger partial charge < -0.3 is 14.4 Å². The largest absolute Gasteiger partial charge is 0.383 e. The third-order valence-electron chi connectivity index (χ3n) is 3.35. The summed E-state index contributed by atoms with van der Waals surface area (Å²) in [5.41, 5.74) is 2.19. The molecule has 1 aromatic carbocycles. The second-order valence-corrected chi connectivity index (χ2v) is 5.33. The van der Waals surface area contributed by atoms with Gasteiger partial charge in [-0.25, -0.2) is 4.98 Å². The van der Waals surface area contributed by atoms with Crippen LogP contribution in [0.15, 0.2) is 30.3 Å². The number of para-hydroxylation sites is 1. The van der Waals surface area contributed by atoms with Crippen molar-refractivity contribution in [2.75, 3.05) is 45.4 Å². The molecule has 1 heterocycles. The molecular weight excluding hydrogens is 332 g/mol. The molecule has 0 fully saturated rings. The molecule has 0 saturated heterocycles. The van der Waals surface area contributed by atoms with Crippen LogP contribution in [0, 0.1) is 0 Å². The van der Waals surface area contributed by atoms with E-state index in [0.29, 0.717) is 13.2 Å². The van der Waals surface area contributed by atoms with Crippen LogP contribution in [-0.2, 0) is 14.8 Å². The Balaban J connectivity index is 2.38. The van der Waals surface area contributed by atoms with Crippen LogP contribution in [0.3, 0.4) is 0 Å². The zero-order valence-electron chi connectivity index (χ0n) is 12.5. The van der Waals surface area contributed by atoms with Crippen molar-refractivity contribution in [2.24, 2.45) is 0 Å². The van der Waals surface area contributed by atoms with Gasteiger partial charge in [0.05, 0.1) is 18.7 Å². The van der Waals surface area contributed by atoms with E-state index in [1.54, 1.807) is 14.2 Å². The van der Waals surface area contributed by atoms with Gasteiger partial charge in [-0.3, -0.25) is 0 Å². The average Bonchev–Trinajstić information content (AvgIpc) is 2.54. The number of hydrogen-bond acceptors (Lipinski definition) is 4. The molecule has 0 N–H and O–H groups in total. The van der Waals surface area contributed by atoms with Crippen LogP contribution < -0.4 is 4.90 Å². The Morgan fingerprint density at radius 2 is 1.76 bits per heavy atom. The summed E-state index contributed by atoms with van der Waals surface area (Å²) in [7, 11) is 3.43. The quantitative estimate of drug-likeness (QED) is 0.683. The van der Waals surface area contributed by atoms with Crippen LogP contribution in [0.2, 0.25) is 0 Å². The van der Waals surface area contributed by atoms with Crippen molar-refractivity contribution < 1.29 is 9.47 Å². The lowest BCUT2D eigenvalue weighted by molar-refractivity contribution is 0.190. The zero-order valence-corrected chi connectivity index (χ0v) is 14.1. The average molecular weight is 353 g/mol. The van der Waals surface area contributed by atoms with Gasteiger partial charge in [0.15, 0.2) is 0 Å². The number of rotatable bonds is 8. The van der Waals surface area contributed by atoms with Gasteiger partial charge in [0.2, 0.25) is 0 Å². The molecule has 0 unspecified atom stereocenters. The second-order valence-electron chi connectivity index (χ2n) is 4.77. The summed E-state index contributed by atoms with van der Waals surface area (Å²) in [6, 6.07) is 10.4. The van der Waals surface area contributed by atoms with Crippen LogP contribution in [-0.4, -0.2) is 45.5 Å². The summed E-state index contributed by atoms with van der Waals surface area (Å²) in [6.07, 6.45) is 0. The predicted octanol–water partition coefficient (Wildman–Crippen LogP) is 3.23. The Hall–Kier alpha value is -1.17. The normalized spacial score (nSPS) is 11.0.